The smallest absolute Gasteiger partial charge is 0.256 e. The van der Waals surface area contributed by atoms with Crippen LogP contribution in [-0.4, -0.2) is 12.5 Å². The summed E-state index contributed by atoms with van der Waals surface area (Å²) in [4.78, 5) is 12.3. The van der Waals surface area contributed by atoms with Gasteiger partial charge in [-0.15, -0.1) is 0 Å². The van der Waals surface area contributed by atoms with E-state index in [-0.39, 0.29) is 5.91 Å². The fourth-order valence-electron chi connectivity index (χ4n) is 2.40. The predicted molar refractivity (Wildman–Crippen MR) is 96.0 cm³/mol. The summed E-state index contributed by atoms with van der Waals surface area (Å²) in [5.41, 5.74) is 3.19. The number of hydrogen-bond donors (Lipinski definition) is 1. The molecule has 0 atom stereocenters. The van der Waals surface area contributed by atoms with Gasteiger partial charge >= 0.3 is 0 Å². The third-order valence-corrected chi connectivity index (χ3v) is 4.43. The molecule has 0 unspecified atom stereocenters. The lowest BCUT2D eigenvalue weighted by atomic mass is 10.0. The minimum Gasteiger partial charge on any atom is -0.493 e. The van der Waals surface area contributed by atoms with Gasteiger partial charge in [0, 0.05) is 25.6 Å². The number of ether oxygens (including phenoxy) is 1. The zero-order valence-corrected chi connectivity index (χ0v) is 15.0. The first-order valence-corrected chi connectivity index (χ1v) is 8.43. The highest BCUT2D eigenvalue weighted by Gasteiger charge is 2.26. The van der Waals surface area contributed by atoms with Crippen molar-refractivity contribution in [3.8, 4) is 5.75 Å². The zero-order valence-electron chi connectivity index (χ0n) is 11.8. The Labute approximate surface area is 145 Å². The maximum Gasteiger partial charge on any atom is 0.256 e. The third kappa shape index (κ3) is 2.83. The largest absolute Gasteiger partial charge is 0.493 e. The molecule has 0 radical (unpaired) electrons. The molecule has 1 N–H and O–H groups in total. The van der Waals surface area contributed by atoms with Gasteiger partial charge in [-0.2, -0.15) is 0 Å². The van der Waals surface area contributed by atoms with Crippen molar-refractivity contribution >= 4 is 55.1 Å². The maximum atomic E-state index is 12.3. The average Bonchev–Trinajstić information content (AvgIpc) is 2.79. The second kappa shape index (κ2) is 6.26. The van der Waals surface area contributed by atoms with Crippen molar-refractivity contribution < 1.29 is 9.53 Å². The van der Waals surface area contributed by atoms with E-state index in [1.165, 1.54) is 0 Å². The number of benzene rings is 2. The first-order chi connectivity index (χ1) is 10.6. The minimum atomic E-state index is -0.111. The van der Waals surface area contributed by atoms with E-state index in [2.05, 4.69) is 37.2 Å². The molecule has 1 aliphatic heterocycles. The fourth-order valence-corrected chi connectivity index (χ4v) is 3.73. The van der Waals surface area contributed by atoms with Crippen molar-refractivity contribution in [2.45, 2.75) is 6.92 Å². The molecule has 0 aliphatic carbocycles. The van der Waals surface area contributed by atoms with E-state index in [1.54, 1.807) is 0 Å². The van der Waals surface area contributed by atoms with E-state index >= 15 is 0 Å². The number of rotatable bonds is 3. The third-order valence-electron chi connectivity index (χ3n) is 3.35. The van der Waals surface area contributed by atoms with Crippen LogP contribution in [0.25, 0.3) is 11.6 Å². The molecule has 0 bridgehead atoms. The first kappa shape index (κ1) is 15.3. The maximum absolute atomic E-state index is 12.3. The second-order valence-corrected chi connectivity index (χ2v) is 6.56. The second-order valence-electron chi connectivity index (χ2n) is 4.79. The summed E-state index contributed by atoms with van der Waals surface area (Å²) < 4.78 is 7.39. The molecule has 3 rings (SSSR count). The van der Waals surface area contributed by atoms with Crippen molar-refractivity contribution in [1.29, 1.82) is 0 Å². The van der Waals surface area contributed by atoms with Crippen molar-refractivity contribution in [2.75, 3.05) is 11.9 Å². The Morgan fingerprint density at radius 1 is 1.23 bits per heavy atom. The molecule has 2 aromatic carbocycles. The van der Waals surface area contributed by atoms with E-state index < -0.39 is 0 Å². The van der Waals surface area contributed by atoms with E-state index in [9.17, 15) is 4.79 Å². The molecule has 1 aliphatic rings. The molecule has 1 amide bonds. The van der Waals surface area contributed by atoms with E-state index in [1.807, 2.05) is 49.4 Å². The van der Waals surface area contributed by atoms with Gasteiger partial charge in [-0.05, 0) is 47.1 Å². The van der Waals surface area contributed by atoms with Crippen LogP contribution in [0.15, 0.2) is 45.3 Å². The predicted octanol–water partition coefficient (Wildman–Crippen LogP) is 5.10. The van der Waals surface area contributed by atoms with E-state index in [0.717, 1.165) is 31.5 Å². The quantitative estimate of drug-likeness (QED) is 0.698. The summed E-state index contributed by atoms with van der Waals surface area (Å²) in [6.07, 6.45) is 1.87. The number of halogens is 2. The lowest BCUT2D eigenvalue weighted by Crippen LogP contribution is -2.04. The van der Waals surface area contributed by atoms with Gasteiger partial charge in [-0.25, -0.2) is 0 Å². The van der Waals surface area contributed by atoms with Gasteiger partial charge in [0.2, 0.25) is 0 Å². The van der Waals surface area contributed by atoms with Gasteiger partial charge in [0.15, 0.2) is 0 Å². The summed E-state index contributed by atoms with van der Waals surface area (Å²) in [7, 11) is 0. The van der Waals surface area contributed by atoms with Crippen LogP contribution in [0.3, 0.4) is 0 Å². The van der Waals surface area contributed by atoms with Crippen molar-refractivity contribution in [2.24, 2.45) is 0 Å². The molecule has 0 aromatic heterocycles. The fraction of sp³-hybridized carbons (Fsp3) is 0.118. The van der Waals surface area contributed by atoms with Crippen LogP contribution in [0.1, 0.15) is 18.1 Å². The summed E-state index contributed by atoms with van der Waals surface area (Å²) in [5, 5.41) is 2.90. The number of carbonyl (C=O) groups is 1. The van der Waals surface area contributed by atoms with Crippen LogP contribution >= 0.6 is 31.9 Å². The molecule has 22 heavy (non-hydrogen) atoms. The Bertz CT molecular complexity index is 784. The number of amides is 1. The SMILES string of the molecule is CCOc1ccccc1C=C1C(=O)Nc2c(Br)cc(Br)cc21. The van der Waals surface area contributed by atoms with E-state index in [0.29, 0.717) is 12.2 Å². The number of para-hydroxylation sites is 1. The standard InChI is InChI=1S/C17H13Br2NO2/c1-2-22-15-6-4-3-5-10(15)7-13-12-8-11(18)9-14(19)16(12)20-17(13)21/h3-9H,2H2,1H3,(H,20,21). The lowest BCUT2D eigenvalue weighted by molar-refractivity contribution is -0.110. The van der Waals surface area contributed by atoms with Crippen molar-refractivity contribution in [3.63, 3.8) is 0 Å². The lowest BCUT2D eigenvalue weighted by Gasteiger charge is -2.07. The Morgan fingerprint density at radius 3 is 2.77 bits per heavy atom. The number of nitrogens with one attached hydrogen (secondary N) is 1. The summed E-state index contributed by atoms with van der Waals surface area (Å²) in [6, 6.07) is 11.5. The van der Waals surface area contributed by atoms with Gasteiger partial charge in [-0.3, -0.25) is 4.79 Å². The topological polar surface area (TPSA) is 38.3 Å². The molecule has 0 fully saturated rings. The van der Waals surface area contributed by atoms with Crippen molar-refractivity contribution in [3.05, 3.63) is 56.5 Å². The van der Waals surface area contributed by atoms with Gasteiger partial charge in [0.25, 0.3) is 5.91 Å². The Kier molecular flexibility index (Phi) is 4.36. The van der Waals surface area contributed by atoms with Crippen LogP contribution in [0, 0.1) is 0 Å². The van der Waals surface area contributed by atoms with Crippen LogP contribution in [0.4, 0.5) is 5.69 Å². The Morgan fingerprint density at radius 2 is 2.00 bits per heavy atom. The molecular weight excluding hydrogens is 410 g/mol. The van der Waals surface area contributed by atoms with Crippen LogP contribution < -0.4 is 10.1 Å². The highest BCUT2D eigenvalue weighted by Crippen LogP contribution is 2.41. The van der Waals surface area contributed by atoms with Crippen LogP contribution in [0.5, 0.6) is 5.75 Å². The number of fused-ring (bicyclic) bond motifs is 1. The average molecular weight is 423 g/mol. The first-order valence-electron chi connectivity index (χ1n) is 6.84. The summed E-state index contributed by atoms with van der Waals surface area (Å²) in [5.74, 6) is 0.660. The van der Waals surface area contributed by atoms with Gasteiger partial charge in [0.05, 0.1) is 12.3 Å². The van der Waals surface area contributed by atoms with Crippen LogP contribution in [0.2, 0.25) is 0 Å². The Balaban J connectivity index is 2.12. The summed E-state index contributed by atoms with van der Waals surface area (Å²) in [6.45, 7) is 2.52. The Hall–Kier alpha value is -1.59. The highest BCUT2D eigenvalue weighted by molar-refractivity contribution is 9.11. The molecule has 0 spiro atoms. The van der Waals surface area contributed by atoms with Gasteiger partial charge in [0.1, 0.15) is 5.75 Å². The monoisotopic (exact) mass is 421 g/mol. The molecule has 5 heteroatoms. The highest BCUT2D eigenvalue weighted by atomic mass is 79.9. The number of carbonyl (C=O) groups excluding carboxylic acids is 1. The molecule has 1 heterocycles. The minimum absolute atomic E-state index is 0.111. The molecular formula is C17H13Br2NO2. The van der Waals surface area contributed by atoms with Gasteiger partial charge in [-0.1, -0.05) is 34.1 Å². The summed E-state index contributed by atoms with van der Waals surface area (Å²) >= 11 is 6.95. The van der Waals surface area contributed by atoms with Gasteiger partial charge < -0.3 is 10.1 Å². The van der Waals surface area contributed by atoms with Crippen LogP contribution in [-0.2, 0) is 4.79 Å². The molecule has 0 saturated heterocycles. The molecule has 0 saturated carbocycles. The molecule has 2 aromatic rings. The number of anilines is 1. The molecule has 112 valence electrons. The normalized spacial score (nSPS) is 14.9. The molecule has 3 nitrogen and oxygen atoms in total. The van der Waals surface area contributed by atoms with E-state index in [4.69, 9.17) is 4.74 Å². The number of hydrogen-bond acceptors (Lipinski definition) is 2. The zero-order chi connectivity index (χ0) is 15.7. The van der Waals surface area contributed by atoms with Crippen molar-refractivity contribution in [1.82, 2.24) is 0 Å².